The lowest BCUT2D eigenvalue weighted by molar-refractivity contribution is -0.139. The third-order valence-electron chi connectivity index (χ3n) is 4.27. The van der Waals surface area contributed by atoms with Gasteiger partial charge in [0.1, 0.15) is 17.5 Å². The lowest BCUT2D eigenvalue weighted by Gasteiger charge is -2.45. The SMILES string of the molecule is [C-]#[N+]c1ccc2c(c1)[C@@H](N1CCCC1=O)[C@@H](O)C(C)(C)O2. The van der Waals surface area contributed by atoms with Crippen LogP contribution < -0.4 is 4.74 Å². The molecule has 2 aliphatic heterocycles. The molecule has 1 saturated heterocycles. The van der Waals surface area contributed by atoms with Gasteiger partial charge in [-0.3, -0.25) is 4.79 Å². The average Bonchev–Trinajstić information content (AvgIpc) is 2.86. The van der Waals surface area contributed by atoms with Crippen LogP contribution in [0, 0.1) is 6.57 Å². The van der Waals surface area contributed by atoms with Crippen LogP contribution in [0.1, 0.15) is 38.3 Å². The molecular formula is C16H18N2O3. The molecule has 1 N–H and O–H groups in total. The number of aliphatic hydroxyl groups is 1. The van der Waals surface area contributed by atoms with E-state index in [0.29, 0.717) is 24.4 Å². The van der Waals surface area contributed by atoms with E-state index in [1.165, 1.54) is 0 Å². The Morgan fingerprint density at radius 2 is 2.24 bits per heavy atom. The van der Waals surface area contributed by atoms with E-state index in [9.17, 15) is 9.90 Å². The topological polar surface area (TPSA) is 54.1 Å². The van der Waals surface area contributed by atoms with Gasteiger partial charge in [-0.2, -0.15) is 0 Å². The van der Waals surface area contributed by atoms with Crippen molar-refractivity contribution in [3.63, 3.8) is 0 Å². The van der Waals surface area contributed by atoms with Crippen LogP contribution in [0.15, 0.2) is 18.2 Å². The number of rotatable bonds is 1. The largest absolute Gasteiger partial charge is 0.485 e. The number of hydrogen-bond acceptors (Lipinski definition) is 3. The predicted octanol–water partition coefficient (Wildman–Crippen LogP) is 2.43. The number of hydrogen-bond donors (Lipinski definition) is 1. The van der Waals surface area contributed by atoms with Crippen LogP contribution >= 0.6 is 0 Å². The summed E-state index contributed by atoms with van der Waals surface area (Å²) >= 11 is 0. The molecule has 5 nitrogen and oxygen atoms in total. The van der Waals surface area contributed by atoms with Gasteiger partial charge in [-0.15, -0.1) is 0 Å². The molecule has 0 bridgehead atoms. The van der Waals surface area contributed by atoms with E-state index in [0.717, 1.165) is 12.0 Å². The van der Waals surface area contributed by atoms with Crippen LogP contribution in [0.25, 0.3) is 4.85 Å². The Hall–Kier alpha value is -2.06. The number of likely N-dealkylation sites (tertiary alicyclic amines) is 1. The first kappa shape index (κ1) is 13.9. The van der Waals surface area contributed by atoms with E-state index in [4.69, 9.17) is 11.3 Å². The van der Waals surface area contributed by atoms with Crippen LogP contribution in [-0.4, -0.2) is 34.2 Å². The Morgan fingerprint density at radius 3 is 2.86 bits per heavy atom. The summed E-state index contributed by atoms with van der Waals surface area (Å²) in [6.07, 6.45) is 0.497. The molecule has 1 fully saturated rings. The molecule has 110 valence electrons. The fourth-order valence-electron chi connectivity index (χ4n) is 3.13. The second-order valence-corrected chi connectivity index (χ2v) is 6.12. The maximum absolute atomic E-state index is 12.1. The molecule has 21 heavy (non-hydrogen) atoms. The van der Waals surface area contributed by atoms with Gasteiger partial charge in [0.05, 0.1) is 12.6 Å². The Bertz CT molecular complexity index is 633. The van der Waals surface area contributed by atoms with E-state index in [-0.39, 0.29) is 5.91 Å². The minimum absolute atomic E-state index is 0.0518. The van der Waals surface area contributed by atoms with Crippen molar-refractivity contribution in [3.8, 4) is 5.75 Å². The number of fused-ring (bicyclic) bond motifs is 1. The fraction of sp³-hybridized carbons (Fsp3) is 0.500. The van der Waals surface area contributed by atoms with Gasteiger partial charge in [-0.1, -0.05) is 6.07 Å². The summed E-state index contributed by atoms with van der Waals surface area (Å²) in [5, 5.41) is 10.7. The molecule has 1 aromatic rings. The number of nitrogens with zero attached hydrogens (tertiary/aromatic N) is 2. The summed E-state index contributed by atoms with van der Waals surface area (Å²) in [6.45, 7) is 11.4. The van der Waals surface area contributed by atoms with E-state index >= 15 is 0 Å². The lowest BCUT2D eigenvalue weighted by atomic mass is 9.85. The molecule has 0 aliphatic carbocycles. The zero-order valence-corrected chi connectivity index (χ0v) is 12.2. The third-order valence-corrected chi connectivity index (χ3v) is 4.27. The average molecular weight is 286 g/mol. The fourth-order valence-corrected chi connectivity index (χ4v) is 3.13. The standard InChI is InChI=1S/C16H18N2O3/c1-16(2)15(20)14(18-8-4-5-13(18)19)11-9-10(17-3)6-7-12(11)21-16/h6-7,9,14-15,20H,4-5,8H2,1-2H3/t14-,15-/m1/s1. The van der Waals surface area contributed by atoms with Crippen LogP contribution in [0.5, 0.6) is 5.75 Å². The van der Waals surface area contributed by atoms with E-state index in [1.807, 2.05) is 13.8 Å². The Balaban J connectivity index is 2.12. The molecule has 0 spiro atoms. The smallest absolute Gasteiger partial charge is 0.223 e. The molecule has 5 heteroatoms. The molecule has 1 aromatic carbocycles. The van der Waals surface area contributed by atoms with E-state index in [1.54, 1.807) is 23.1 Å². The van der Waals surface area contributed by atoms with Crippen LogP contribution in [0.3, 0.4) is 0 Å². The van der Waals surface area contributed by atoms with Gasteiger partial charge in [-0.25, -0.2) is 4.85 Å². The van der Waals surface area contributed by atoms with Gasteiger partial charge in [-0.05, 0) is 32.4 Å². The maximum atomic E-state index is 12.1. The lowest BCUT2D eigenvalue weighted by Crippen LogP contribution is -2.53. The minimum Gasteiger partial charge on any atom is -0.485 e. The highest BCUT2D eigenvalue weighted by Crippen LogP contribution is 2.45. The van der Waals surface area contributed by atoms with Crippen LogP contribution in [0.4, 0.5) is 5.69 Å². The summed E-state index contributed by atoms with van der Waals surface area (Å²) in [5.41, 5.74) is 0.437. The van der Waals surface area contributed by atoms with Gasteiger partial charge in [0.15, 0.2) is 5.69 Å². The van der Waals surface area contributed by atoms with Crippen molar-refractivity contribution in [1.29, 1.82) is 0 Å². The number of amides is 1. The van der Waals surface area contributed by atoms with Gasteiger partial charge < -0.3 is 14.7 Å². The van der Waals surface area contributed by atoms with Gasteiger partial charge in [0, 0.05) is 18.5 Å². The van der Waals surface area contributed by atoms with Crippen molar-refractivity contribution in [2.45, 2.75) is 44.4 Å². The monoisotopic (exact) mass is 286 g/mol. The van der Waals surface area contributed by atoms with Crippen LogP contribution in [-0.2, 0) is 4.79 Å². The second kappa shape index (κ2) is 4.74. The second-order valence-electron chi connectivity index (χ2n) is 6.12. The van der Waals surface area contributed by atoms with Crippen molar-refractivity contribution >= 4 is 11.6 Å². The number of ether oxygens (including phenoxy) is 1. The quantitative estimate of drug-likeness (QED) is 0.807. The molecule has 1 amide bonds. The van der Waals surface area contributed by atoms with Crippen molar-refractivity contribution in [2.24, 2.45) is 0 Å². The molecule has 0 saturated carbocycles. The van der Waals surface area contributed by atoms with Gasteiger partial charge in [0.25, 0.3) is 0 Å². The van der Waals surface area contributed by atoms with Gasteiger partial charge >= 0.3 is 0 Å². The van der Waals surface area contributed by atoms with Crippen molar-refractivity contribution < 1.29 is 14.6 Å². The maximum Gasteiger partial charge on any atom is 0.223 e. The number of benzene rings is 1. The zero-order chi connectivity index (χ0) is 15.2. The van der Waals surface area contributed by atoms with Crippen LogP contribution in [0.2, 0.25) is 0 Å². The zero-order valence-electron chi connectivity index (χ0n) is 12.2. The van der Waals surface area contributed by atoms with E-state index < -0.39 is 17.7 Å². The van der Waals surface area contributed by atoms with Crippen molar-refractivity contribution in [2.75, 3.05) is 6.54 Å². The first-order valence-corrected chi connectivity index (χ1v) is 7.12. The number of aliphatic hydroxyl groups excluding tert-OH is 1. The number of carbonyl (C=O) groups is 1. The predicted molar refractivity (Wildman–Crippen MR) is 77.1 cm³/mol. The highest BCUT2D eigenvalue weighted by molar-refractivity contribution is 5.79. The van der Waals surface area contributed by atoms with E-state index in [2.05, 4.69) is 4.85 Å². The summed E-state index contributed by atoms with van der Waals surface area (Å²) < 4.78 is 5.87. The third kappa shape index (κ3) is 2.16. The highest BCUT2D eigenvalue weighted by Gasteiger charge is 2.47. The first-order valence-electron chi connectivity index (χ1n) is 7.12. The Kier molecular flexibility index (Phi) is 3.14. The molecule has 2 heterocycles. The highest BCUT2D eigenvalue weighted by atomic mass is 16.5. The van der Waals surface area contributed by atoms with Crippen molar-refractivity contribution in [3.05, 3.63) is 35.2 Å². The number of carbonyl (C=O) groups excluding carboxylic acids is 1. The summed E-state index contributed by atoms with van der Waals surface area (Å²) in [6, 6.07) is 4.73. The normalized spacial score (nSPS) is 27.0. The first-order chi connectivity index (χ1) is 9.94. The summed E-state index contributed by atoms with van der Waals surface area (Å²) in [5.74, 6) is 0.693. The molecule has 2 atom stereocenters. The Labute approximate surface area is 124 Å². The molecular weight excluding hydrogens is 268 g/mol. The molecule has 0 unspecified atom stereocenters. The minimum atomic E-state index is -0.826. The van der Waals surface area contributed by atoms with Crippen molar-refractivity contribution in [1.82, 2.24) is 4.90 Å². The van der Waals surface area contributed by atoms with Gasteiger partial charge in [0.2, 0.25) is 5.91 Å². The Morgan fingerprint density at radius 1 is 1.48 bits per heavy atom. The summed E-state index contributed by atoms with van der Waals surface area (Å²) in [7, 11) is 0. The molecule has 0 radical (unpaired) electrons. The molecule has 0 aromatic heterocycles. The molecule has 2 aliphatic rings. The molecule has 3 rings (SSSR count). The summed E-state index contributed by atoms with van der Waals surface area (Å²) in [4.78, 5) is 17.3.